The van der Waals surface area contributed by atoms with Crippen molar-refractivity contribution in [3.05, 3.63) is 76.9 Å². The molecule has 1 aliphatic rings. The normalized spacial score (nSPS) is 14.0. The summed E-state index contributed by atoms with van der Waals surface area (Å²) in [6, 6.07) is 18.0. The maximum atomic E-state index is 11.9. The Morgan fingerprint density at radius 1 is 1.15 bits per heavy atom. The zero-order valence-electron chi connectivity index (χ0n) is 14.8. The molecule has 0 atom stereocenters. The van der Waals surface area contributed by atoms with Gasteiger partial charge < -0.3 is 5.32 Å². The highest BCUT2D eigenvalue weighted by Gasteiger charge is 2.14. The number of hydrogen-bond acceptors (Lipinski definition) is 3. The molecule has 1 heterocycles. The maximum Gasteiger partial charge on any atom is 0.244 e. The summed E-state index contributed by atoms with van der Waals surface area (Å²) in [7, 11) is 0. The lowest BCUT2D eigenvalue weighted by Crippen LogP contribution is -2.33. The van der Waals surface area contributed by atoms with Crippen LogP contribution in [-0.2, 0) is 17.8 Å². The summed E-state index contributed by atoms with van der Waals surface area (Å²) in [6.45, 7) is 3.71. The van der Waals surface area contributed by atoms with Gasteiger partial charge in [0.25, 0.3) is 0 Å². The van der Waals surface area contributed by atoms with Gasteiger partial charge in [0.15, 0.2) is 0 Å². The number of benzene rings is 2. The Hall–Kier alpha value is -2.90. The zero-order valence-corrected chi connectivity index (χ0v) is 14.8. The lowest BCUT2D eigenvalue weighted by molar-refractivity contribution is -0.116. The monoisotopic (exact) mass is 345 g/mol. The molecule has 1 N–H and O–H groups in total. The van der Waals surface area contributed by atoms with Gasteiger partial charge in [0.2, 0.25) is 5.91 Å². The van der Waals surface area contributed by atoms with Crippen molar-refractivity contribution in [2.75, 3.05) is 19.6 Å². The van der Waals surface area contributed by atoms with Crippen LogP contribution < -0.4 is 5.32 Å². The van der Waals surface area contributed by atoms with E-state index in [1.807, 2.05) is 18.2 Å². The molecule has 0 fully saturated rings. The first-order valence-electron chi connectivity index (χ1n) is 9.00. The van der Waals surface area contributed by atoms with Crippen LogP contribution in [0.4, 0.5) is 0 Å². The van der Waals surface area contributed by atoms with E-state index in [-0.39, 0.29) is 5.91 Å². The predicted molar refractivity (Wildman–Crippen MR) is 103 cm³/mol. The Balaban J connectivity index is 1.39. The molecule has 0 aromatic heterocycles. The summed E-state index contributed by atoms with van der Waals surface area (Å²) in [5.41, 5.74) is 4.21. The largest absolute Gasteiger partial charge is 0.353 e. The minimum atomic E-state index is -0.123. The molecule has 0 spiro atoms. The van der Waals surface area contributed by atoms with Gasteiger partial charge in [-0.05, 0) is 41.7 Å². The number of nitriles is 1. The standard InChI is InChI=1S/C22H23N3O/c23-16-20-8-3-1-6-18(20)10-11-22(26)24-13-5-14-25-15-12-19-7-2-4-9-21(19)17-25/h1-4,6-11H,5,12-15,17H2,(H,24,26). The summed E-state index contributed by atoms with van der Waals surface area (Å²) < 4.78 is 0. The molecule has 4 nitrogen and oxygen atoms in total. The molecule has 0 bridgehead atoms. The minimum Gasteiger partial charge on any atom is -0.353 e. The van der Waals surface area contributed by atoms with Crippen molar-refractivity contribution in [3.63, 3.8) is 0 Å². The smallest absolute Gasteiger partial charge is 0.244 e. The quantitative estimate of drug-likeness (QED) is 0.646. The fourth-order valence-corrected chi connectivity index (χ4v) is 3.23. The van der Waals surface area contributed by atoms with E-state index in [9.17, 15) is 4.79 Å². The zero-order chi connectivity index (χ0) is 18.2. The van der Waals surface area contributed by atoms with Crippen molar-refractivity contribution >= 4 is 12.0 Å². The van der Waals surface area contributed by atoms with E-state index in [1.54, 1.807) is 12.1 Å². The molecule has 132 valence electrons. The van der Waals surface area contributed by atoms with Crippen LogP contribution in [-0.4, -0.2) is 30.4 Å². The highest BCUT2D eigenvalue weighted by atomic mass is 16.1. The van der Waals surface area contributed by atoms with Crippen molar-refractivity contribution in [2.45, 2.75) is 19.4 Å². The van der Waals surface area contributed by atoms with Crippen molar-refractivity contribution < 1.29 is 4.79 Å². The van der Waals surface area contributed by atoms with Crippen LogP contribution in [0.2, 0.25) is 0 Å². The molecule has 0 unspecified atom stereocenters. The molecule has 26 heavy (non-hydrogen) atoms. The average Bonchev–Trinajstić information content (AvgIpc) is 2.69. The fourth-order valence-electron chi connectivity index (χ4n) is 3.23. The number of rotatable bonds is 6. The lowest BCUT2D eigenvalue weighted by atomic mass is 10.00. The molecule has 2 aromatic rings. The number of nitrogens with zero attached hydrogens (tertiary/aromatic N) is 2. The first-order chi connectivity index (χ1) is 12.8. The number of carbonyl (C=O) groups is 1. The molecule has 0 saturated carbocycles. The molecule has 0 radical (unpaired) electrons. The van der Waals surface area contributed by atoms with Crippen LogP contribution in [0, 0.1) is 11.3 Å². The number of hydrogen-bond donors (Lipinski definition) is 1. The maximum absolute atomic E-state index is 11.9. The van der Waals surface area contributed by atoms with Crippen LogP contribution in [0.3, 0.4) is 0 Å². The second-order valence-corrected chi connectivity index (χ2v) is 6.47. The van der Waals surface area contributed by atoms with Gasteiger partial charge in [-0.15, -0.1) is 0 Å². The highest BCUT2D eigenvalue weighted by Crippen LogP contribution is 2.18. The van der Waals surface area contributed by atoms with Gasteiger partial charge in [-0.25, -0.2) is 0 Å². The molecule has 0 saturated heterocycles. The predicted octanol–water partition coefficient (Wildman–Crippen LogP) is 3.14. The Kier molecular flexibility index (Phi) is 6.19. The van der Waals surface area contributed by atoms with Crippen LogP contribution in [0.15, 0.2) is 54.6 Å². The van der Waals surface area contributed by atoms with E-state index in [0.29, 0.717) is 12.1 Å². The molecule has 3 rings (SSSR count). The molecule has 2 aromatic carbocycles. The Labute approximate surface area is 154 Å². The molecule has 1 aliphatic heterocycles. The van der Waals surface area contributed by atoms with E-state index in [1.165, 1.54) is 17.2 Å². The van der Waals surface area contributed by atoms with Crippen molar-refractivity contribution in [1.82, 2.24) is 10.2 Å². The third kappa shape index (κ3) is 4.81. The van der Waals surface area contributed by atoms with Gasteiger partial charge in [0, 0.05) is 32.3 Å². The number of fused-ring (bicyclic) bond motifs is 1. The van der Waals surface area contributed by atoms with Crippen LogP contribution in [0.25, 0.3) is 6.08 Å². The molecule has 4 heteroatoms. The Bertz CT molecular complexity index is 835. The fraction of sp³-hybridized carbons (Fsp3) is 0.273. The summed E-state index contributed by atoms with van der Waals surface area (Å²) in [5, 5.41) is 12.0. The first-order valence-corrected chi connectivity index (χ1v) is 9.00. The van der Waals surface area contributed by atoms with Gasteiger partial charge in [-0.2, -0.15) is 5.26 Å². The van der Waals surface area contributed by atoms with Crippen molar-refractivity contribution in [2.24, 2.45) is 0 Å². The SMILES string of the molecule is N#Cc1ccccc1C=CC(=O)NCCCN1CCc2ccccc2C1. The van der Waals surface area contributed by atoms with E-state index in [4.69, 9.17) is 5.26 Å². The lowest BCUT2D eigenvalue weighted by Gasteiger charge is -2.28. The number of amides is 1. The third-order valence-electron chi connectivity index (χ3n) is 4.66. The van der Waals surface area contributed by atoms with Crippen molar-refractivity contribution in [1.29, 1.82) is 5.26 Å². The summed E-state index contributed by atoms with van der Waals surface area (Å²) in [6.07, 6.45) is 5.21. The summed E-state index contributed by atoms with van der Waals surface area (Å²) in [5.74, 6) is -0.123. The highest BCUT2D eigenvalue weighted by molar-refractivity contribution is 5.92. The molecule has 1 amide bonds. The average molecular weight is 345 g/mol. The third-order valence-corrected chi connectivity index (χ3v) is 4.66. The van der Waals surface area contributed by atoms with Crippen LogP contribution >= 0.6 is 0 Å². The van der Waals surface area contributed by atoms with Crippen LogP contribution in [0.5, 0.6) is 0 Å². The topological polar surface area (TPSA) is 56.1 Å². The van der Waals surface area contributed by atoms with Gasteiger partial charge in [0.1, 0.15) is 0 Å². The second-order valence-electron chi connectivity index (χ2n) is 6.47. The van der Waals surface area contributed by atoms with E-state index in [0.717, 1.165) is 38.0 Å². The number of carbonyl (C=O) groups excluding carboxylic acids is 1. The second kappa shape index (κ2) is 8.98. The molecular weight excluding hydrogens is 322 g/mol. The Morgan fingerprint density at radius 3 is 2.77 bits per heavy atom. The molecular formula is C22H23N3O. The minimum absolute atomic E-state index is 0.123. The molecule has 0 aliphatic carbocycles. The van der Waals surface area contributed by atoms with Gasteiger partial charge in [-0.3, -0.25) is 9.69 Å². The van der Waals surface area contributed by atoms with Crippen LogP contribution in [0.1, 0.15) is 28.7 Å². The Morgan fingerprint density at radius 2 is 1.92 bits per heavy atom. The number of nitrogens with one attached hydrogen (secondary N) is 1. The van der Waals surface area contributed by atoms with Gasteiger partial charge >= 0.3 is 0 Å². The first kappa shape index (κ1) is 17.9. The van der Waals surface area contributed by atoms with Crippen molar-refractivity contribution in [3.8, 4) is 6.07 Å². The van der Waals surface area contributed by atoms with Gasteiger partial charge in [-0.1, -0.05) is 42.5 Å². The summed E-state index contributed by atoms with van der Waals surface area (Å²) in [4.78, 5) is 14.4. The van der Waals surface area contributed by atoms with E-state index in [2.05, 4.69) is 40.6 Å². The van der Waals surface area contributed by atoms with Gasteiger partial charge in [0.05, 0.1) is 11.6 Å². The summed E-state index contributed by atoms with van der Waals surface area (Å²) >= 11 is 0. The van der Waals surface area contributed by atoms with E-state index >= 15 is 0 Å². The van der Waals surface area contributed by atoms with E-state index < -0.39 is 0 Å².